The third-order valence-electron chi connectivity index (χ3n) is 2.29. The van der Waals surface area contributed by atoms with Crippen molar-refractivity contribution in [1.29, 1.82) is 0 Å². The van der Waals surface area contributed by atoms with E-state index in [9.17, 15) is 0 Å². The maximum absolute atomic E-state index is 5.94. The maximum atomic E-state index is 5.94. The number of rotatable bonds is 4. The van der Waals surface area contributed by atoms with Crippen molar-refractivity contribution in [2.75, 3.05) is 5.73 Å². The molecule has 1 aromatic heterocycles. The lowest BCUT2D eigenvalue weighted by Crippen LogP contribution is -1.95. The SMILES string of the molecule is C=CCc1cc(N)ccc1Oc1ncncc1Cl. The van der Waals surface area contributed by atoms with Crippen molar-refractivity contribution < 1.29 is 4.74 Å². The molecule has 0 atom stereocenters. The van der Waals surface area contributed by atoms with Crippen LogP contribution in [0.15, 0.2) is 43.4 Å². The van der Waals surface area contributed by atoms with Crippen LogP contribution in [0.2, 0.25) is 5.02 Å². The molecule has 0 aliphatic carbocycles. The van der Waals surface area contributed by atoms with Gasteiger partial charge in [0.25, 0.3) is 0 Å². The molecule has 18 heavy (non-hydrogen) atoms. The number of nitrogens with two attached hydrogens (primary N) is 1. The number of aromatic nitrogens is 2. The van der Waals surface area contributed by atoms with Gasteiger partial charge in [-0.05, 0) is 24.6 Å². The molecular formula is C13H12ClN3O. The molecule has 0 amide bonds. The van der Waals surface area contributed by atoms with Crippen molar-refractivity contribution >= 4 is 17.3 Å². The summed E-state index contributed by atoms with van der Waals surface area (Å²) in [5.41, 5.74) is 7.34. The van der Waals surface area contributed by atoms with E-state index >= 15 is 0 Å². The Morgan fingerprint density at radius 3 is 3.00 bits per heavy atom. The van der Waals surface area contributed by atoms with Gasteiger partial charge < -0.3 is 10.5 Å². The normalized spacial score (nSPS) is 10.1. The maximum Gasteiger partial charge on any atom is 0.241 e. The van der Waals surface area contributed by atoms with Gasteiger partial charge in [0.05, 0.1) is 6.20 Å². The number of anilines is 1. The number of hydrogen-bond donors (Lipinski definition) is 1. The second-order valence-corrected chi connectivity index (χ2v) is 4.05. The number of nitrogens with zero attached hydrogens (tertiary/aromatic N) is 2. The second kappa shape index (κ2) is 5.51. The van der Waals surface area contributed by atoms with Crippen molar-refractivity contribution in [3.8, 4) is 11.6 Å². The minimum Gasteiger partial charge on any atom is -0.437 e. The summed E-state index contributed by atoms with van der Waals surface area (Å²) in [6.07, 6.45) is 5.30. The van der Waals surface area contributed by atoms with Gasteiger partial charge in [-0.1, -0.05) is 17.7 Å². The lowest BCUT2D eigenvalue weighted by atomic mass is 10.1. The van der Waals surface area contributed by atoms with E-state index in [1.165, 1.54) is 12.5 Å². The summed E-state index contributed by atoms with van der Waals surface area (Å²) >= 11 is 5.94. The molecule has 0 aliphatic rings. The summed E-state index contributed by atoms with van der Waals surface area (Å²) < 4.78 is 5.66. The van der Waals surface area contributed by atoms with Gasteiger partial charge in [0.15, 0.2) is 0 Å². The third kappa shape index (κ3) is 2.78. The number of halogens is 1. The molecule has 2 N–H and O–H groups in total. The molecule has 0 spiro atoms. The van der Waals surface area contributed by atoms with E-state index in [1.807, 2.05) is 6.07 Å². The average molecular weight is 262 g/mol. The van der Waals surface area contributed by atoms with Gasteiger partial charge in [-0.15, -0.1) is 6.58 Å². The predicted octanol–water partition coefficient (Wildman–Crippen LogP) is 3.23. The lowest BCUT2D eigenvalue weighted by molar-refractivity contribution is 0.457. The molecule has 0 saturated heterocycles. The van der Waals surface area contributed by atoms with Crippen molar-refractivity contribution in [1.82, 2.24) is 9.97 Å². The Morgan fingerprint density at radius 2 is 2.28 bits per heavy atom. The molecule has 0 fully saturated rings. The van der Waals surface area contributed by atoms with Gasteiger partial charge >= 0.3 is 0 Å². The highest BCUT2D eigenvalue weighted by atomic mass is 35.5. The Morgan fingerprint density at radius 1 is 1.44 bits per heavy atom. The summed E-state index contributed by atoms with van der Waals surface area (Å²) in [4.78, 5) is 7.78. The first-order valence-electron chi connectivity index (χ1n) is 5.33. The topological polar surface area (TPSA) is 61.0 Å². The first-order valence-corrected chi connectivity index (χ1v) is 5.71. The Kier molecular flexibility index (Phi) is 3.79. The summed E-state index contributed by atoms with van der Waals surface area (Å²) in [6.45, 7) is 3.70. The molecular weight excluding hydrogens is 250 g/mol. The van der Waals surface area contributed by atoms with Crippen molar-refractivity contribution in [2.45, 2.75) is 6.42 Å². The van der Waals surface area contributed by atoms with Crippen LogP contribution >= 0.6 is 11.6 Å². The molecule has 0 aliphatic heterocycles. The van der Waals surface area contributed by atoms with E-state index in [-0.39, 0.29) is 0 Å². The molecule has 2 rings (SSSR count). The number of allylic oxidation sites excluding steroid dienone is 1. The Labute approximate surface area is 110 Å². The van der Waals surface area contributed by atoms with Crippen molar-refractivity contribution in [3.05, 3.63) is 54.0 Å². The number of benzene rings is 1. The predicted molar refractivity (Wildman–Crippen MR) is 71.9 cm³/mol. The van der Waals surface area contributed by atoms with Crippen LogP contribution in [-0.4, -0.2) is 9.97 Å². The highest BCUT2D eigenvalue weighted by Crippen LogP contribution is 2.30. The largest absolute Gasteiger partial charge is 0.437 e. The monoisotopic (exact) mass is 261 g/mol. The summed E-state index contributed by atoms with van der Waals surface area (Å²) in [6, 6.07) is 5.38. The molecule has 0 radical (unpaired) electrons. The smallest absolute Gasteiger partial charge is 0.241 e. The highest BCUT2D eigenvalue weighted by Gasteiger charge is 2.08. The number of nitrogen functional groups attached to an aromatic ring is 1. The highest BCUT2D eigenvalue weighted by molar-refractivity contribution is 6.31. The van der Waals surface area contributed by atoms with E-state index in [0.29, 0.717) is 28.8 Å². The second-order valence-electron chi connectivity index (χ2n) is 3.64. The van der Waals surface area contributed by atoms with E-state index in [1.54, 1.807) is 18.2 Å². The van der Waals surface area contributed by atoms with Gasteiger partial charge in [-0.3, -0.25) is 0 Å². The van der Waals surface area contributed by atoms with Gasteiger partial charge in [0.2, 0.25) is 5.88 Å². The minimum atomic E-state index is 0.321. The van der Waals surface area contributed by atoms with E-state index in [2.05, 4.69) is 16.5 Å². The lowest BCUT2D eigenvalue weighted by Gasteiger charge is -2.10. The zero-order chi connectivity index (χ0) is 13.0. The minimum absolute atomic E-state index is 0.321. The fourth-order valence-electron chi connectivity index (χ4n) is 1.49. The Bertz CT molecular complexity index is 572. The molecule has 92 valence electrons. The molecule has 4 nitrogen and oxygen atoms in total. The van der Waals surface area contributed by atoms with Crippen LogP contribution in [0.1, 0.15) is 5.56 Å². The Balaban J connectivity index is 2.34. The zero-order valence-electron chi connectivity index (χ0n) is 9.64. The van der Waals surface area contributed by atoms with Crippen molar-refractivity contribution in [2.24, 2.45) is 0 Å². The third-order valence-corrected chi connectivity index (χ3v) is 2.55. The summed E-state index contributed by atoms with van der Waals surface area (Å²) in [5.74, 6) is 0.978. The van der Waals surface area contributed by atoms with Crippen molar-refractivity contribution in [3.63, 3.8) is 0 Å². The van der Waals surface area contributed by atoms with Gasteiger partial charge in [-0.25, -0.2) is 9.97 Å². The van der Waals surface area contributed by atoms with Crippen LogP contribution in [0.25, 0.3) is 0 Å². The van der Waals surface area contributed by atoms with Crippen LogP contribution in [0.5, 0.6) is 11.6 Å². The van der Waals surface area contributed by atoms with E-state index in [0.717, 1.165) is 5.56 Å². The molecule has 5 heteroatoms. The summed E-state index contributed by atoms with van der Waals surface area (Å²) in [5, 5.41) is 0.360. The van der Waals surface area contributed by atoms with Crippen LogP contribution in [0.4, 0.5) is 5.69 Å². The molecule has 0 saturated carbocycles. The molecule has 1 aromatic carbocycles. The molecule has 0 unspecified atom stereocenters. The number of ether oxygens (including phenoxy) is 1. The fraction of sp³-hybridized carbons (Fsp3) is 0.0769. The fourth-order valence-corrected chi connectivity index (χ4v) is 1.64. The zero-order valence-corrected chi connectivity index (χ0v) is 10.4. The first kappa shape index (κ1) is 12.4. The van der Waals surface area contributed by atoms with Gasteiger partial charge in [0, 0.05) is 11.3 Å². The molecule has 0 bridgehead atoms. The Hall–Kier alpha value is -2.07. The van der Waals surface area contributed by atoms with Gasteiger partial charge in [-0.2, -0.15) is 0 Å². The van der Waals surface area contributed by atoms with E-state index < -0.39 is 0 Å². The average Bonchev–Trinajstić information content (AvgIpc) is 2.35. The van der Waals surface area contributed by atoms with Crippen LogP contribution in [0, 0.1) is 0 Å². The molecule has 1 heterocycles. The van der Waals surface area contributed by atoms with Crippen LogP contribution in [-0.2, 0) is 6.42 Å². The molecule has 2 aromatic rings. The summed E-state index contributed by atoms with van der Waals surface area (Å²) in [7, 11) is 0. The van der Waals surface area contributed by atoms with Crippen LogP contribution in [0.3, 0.4) is 0 Å². The number of hydrogen-bond acceptors (Lipinski definition) is 4. The van der Waals surface area contributed by atoms with E-state index in [4.69, 9.17) is 22.1 Å². The quantitative estimate of drug-likeness (QED) is 0.678. The van der Waals surface area contributed by atoms with Crippen LogP contribution < -0.4 is 10.5 Å². The standard InChI is InChI=1S/C13H12ClN3O/c1-2-3-9-6-10(15)4-5-12(9)18-13-11(14)7-16-8-17-13/h2,4-8H,1,3,15H2. The first-order chi connectivity index (χ1) is 8.70. The van der Waals surface area contributed by atoms with Gasteiger partial charge in [0.1, 0.15) is 17.1 Å².